The standard InChI is InChI=1S/C24H22Cl3FN2/c1-16-6-2-3-7-17(16)14-29-12-13-30(15-18-19(25)8-5-11-22(18)28)24(29)23-20(26)9-4-10-21(23)27/h2-11,24H,12-15H2,1H3/t24-/m0/s1. The van der Waals surface area contributed by atoms with E-state index in [9.17, 15) is 4.39 Å². The van der Waals surface area contributed by atoms with E-state index in [0.717, 1.165) is 25.2 Å². The van der Waals surface area contributed by atoms with E-state index in [4.69, 9.17) is 34.8 Å². The van der Waals surface area contributed by atoms with Crippen LogP contribution in [0.3, 0.4) is 0 Å². The van der Waals surface area contributed by atoms with Crippen molar-refractivity contribution < 1.29 is 4.39 Å². The molecule has 1 aliphatic rings. The molecule has 1 saturated heterocycles. The van der Waals surface area contributed by atoms with Crippen LogP contribution in [0.5, 0.6) is 0 Å². The van der Waals surface area contributed by atoms with E-state index in [-0.39, 0.29) is 12.0 Å². The third-order valence-corrected chi connectivity index (χ3v) is 6.69. The molecule has 3 aromatic rings. The van der Waals surface area contributed by atoms with Crippen molar-refractivity contribution in [3.8, 4) is 0 Å². The summed E-state index contributed by atoms with van der Waals surface area (Å²) in [7, 11) is 0. The first-order valence-electron chi connectivity index (χ1n) is 9.85. The molecule has 30 heavy (non-hydrogen) atoms. The third kappa shape index (κ3) is 4.37. The highest BCUT2D eigenvalue weighted by atomic mass is 35.5. The number of benzene rings is 3. The van der Waals surface area contributed by atoms with Crippen molar-refractivity contribution in [1.29, 1.82) is 0 Å². The minimum atomic E-state index is -0.302. The summed E-state index contributed by atoms with van der Waals surface area (Å²) in [6.45, 7) is 4.80. The maximum atomic E-state index is 14.5. The second kappa shape index (κ2) is 9.25. The highest BCUT2D eigenvalue weighted by molar-refractivity contribution is 6.36. The predicted molar refractivity (Wildman–Crippen MR) is 123 cm³/mol. The van der Waals surface area contributed by atoms with E-state index >= 15 is 0 Å². The van der Waals surface area contributed by atoms with Crippen molar-refractivity contribution in [3.05, 3.63) is 104 Å². The first-order valence-corrected chi connectivity index (χ1v) is 11.0. The van der Waals surface area contributed by atoms with Gasteiger partial charge in [-0.05, 0) is 42.3 Å². The summed E-state index contributed by atoms with van der Waals surface area (Å²) >= 11 is 19.5. The SMILES string of the molecule is Cc1ccccc1CN1CCN(Cc2c(F)cccc2Cl)[C@H]1c1c(Cl)cccc1Cl. The second-order valence-electron chi connectivity index (χ2n) is 7.58. The minimum Gasteiger partial charge on any atom is -0.278 e. The lowest BCUT2D eigenvalue weighted by molar-refractivity contribution is 0.125. The fourth-order valence-corrected chi connectivity index (χ4v) is 4.89. The summed E-state index contributed by atoms with van der Waals surface area (Å²) < 4.78 is 14.5. The van der Waals surface area contributed by atoms with Crippen molar-refractivity contribution in [3.63, 3.8) is 0 Å². The Morgan fingerprint density at radius 1 is 0.800 bits per heavy atom. The molecule has 3 aromatic carbocycles. The fraction of sp³-hybridized carbons (Fsp3) is 0.250. The van der Waals surface area contributed by atoms with E-state index < -0.39 is 0 Å². The van der Waals surface area contributed by atoms with Gasteiger partial charge >= 0.3 is 0 Å². The topological polar surface area (TPSA) is 6.48 Å². The fourth-order valence-electron chi connectivity index (χ4n) is 4.08. The normalized spacial score (nSPS) is 17.6. The first-order chi connectivity index (χ1) is 14.5. The lowest BCUT2D eigenvalue weighted by Gasteiger charge is -2.32. The van der Waals surface area contributed by atoms with Gasteiger partial charge in [-0.1, -0.05) is 71.2 Å². The Kier molecular flexibility index (Phi) is 6.66. The summed E-state index contributed by atoms with van der Waals surface area (Å²) in [5.41, 5.74) is 3.82. The number of rotatable bonds is 5. The van der Waals surface area contributed by atoms with Gasteiger partial charge in [0.2, 0.25) is 0 Å². The number of nitrogens with zero attached hydrogens (tertiary/aromatic N) is 2. The van der Waals surface area contributed by atoms with Gasteiger partial charge in [0.15, 0.2) is 0 Å². The van der Waals surface area contributed by atoms with Crippen LogP contribution in [0.1, 0.15) is 28.4 Å². The van der Waals surface area contributed by atoms with Gasteiger partial charge in [-0.15, -0.1) is 0 Å². The van der Waals surface area contributed by atoms with Crippen LogP contribution in [-0.2, 0) is 13.1 Å². The highest BCUT2D eigenvalue weighted by Crippen LogP contribution is 2.40. The molecule has 0 N–H and O–H groups in total. The molecule has 0 amide bonds. The van der Waals surface area contributed by atoms with Gasteiger partial charge in [0.25, 0.3) is 0 Å². The summed E-state index contributed by atoms with van der Waals surface area (Å²) in [5.74, 6) is -0.302. The van der Waals surface area contributed by atoms with Crippen LogP contribution in [0.4, 0.5) is 4.39 Å². The van der Waals surface area contributed by atoms with Crippen molar-refractivity contribution >= 4 is 34.8 Å². The third-order valence-electron chi connectivity index (χ3n) is 5.68. The lowest BCUT2D eigenvalue weighted by Crippen LogP contribution is -2.31. The van der Waals surface area contributed by atoms with Crippen LogP contribution < -0.4 is 0 Å². The molecule has 1 aliphatic heterocycles. The van der Waals surface area contributed by atoms with Gasteiger partial charge in [0.05, 0.1) is 6.17 Å². The van der Waals surface area contributed by atoms with Crippen molar-refractivity contribution in [2.45, 2.75) is 26.2 Å². The number of aryl methyl sites for hydroxylation is 1. The molecule has 0 aromatic heterocycles. The van der Waals surface area contributed by atoms with Crippen LogP contribution in [0.15, 0.2) is 60.7 Å². The molecule has 1 heterocycles. The second-order valence-corrected chi connectivity index (χ2v) is 8.80. The van der Waals surface area contributed by atoms with E-state index in [1.54, 1.807) is 12.1 Å². The summed E-state index contributed by atoms with van der Waals surface area (Å²) in [4.78, 5) is 4.53. The molecular formula is C24H22Cl3FN2. The lowest BCUT2D eigenvalue weighted by atomic mass is 10.1. The highest BCUT2D eigenvalue weighted by Gasteiger charge is 2.36. The Bertz CT molecular complexity index is 1020. The van der Waals surface area contributed by atoms with Gasteiger partial charge in [-0.3, -0.25) is 9.80 Å². The van der Waals surface area contributed by atoms with Gasteiger partial charge in [0, 0.05) is 52.4 Å². The Balaban J connectivity index is 1.72. The molecule has 1 fully saturated rings. The number of hydrogen-bond acceptors (Lipinski definition) is 2. The summed E-state index contributed by atoms with van der Waals surface area (Å²) in [6, 6.07) is 18.7. The molecule has 2 nitrogen and oxygen atoms in total. The van der Waals surface area contributed by atoms with Crippen LogP contribution in [-0.4, -0.2) is 22.9 Å². The van der Waals surface area contributed by atoms with Gasteiger partial charge in [-0.25, -0.2) is 4.39 Å². The zero-order valence-electron chi connectivity index (χ0n) is 16.6. The molecule has 0 aliphatic carbocycles. The molecule has 1 atom stereocenters. The van der Waals surface area contributed by atoms with Crippen LogP contribution in [0.25, 0.3) is 0 Å². The van der Waals surface area contributed by atoms with Crippen LogP contribution in [0.2, 0.25) is 15.1 Å². The number of hydrogen-bond donors (Lipinski definition) is 0. The maximum absolute atomic E-state index is 14.5. The van der Waals surface area contributed by atoms with Gasteiger partial charge in [-0.2, -0.15) is 0 Å². The molecule has 0 bridgehead atoms. The maximum Gasteiger partial charge on any atom is 0.129 e. The number of halogens is 4. The summed E-state index contributed by atoms with van der Waals surface area (Å²) in [6.07, 6.45) is -0.179. The Morgan fingerprint density at radius 2 is 1.40 bits per heavy atom. The Labute approximate surface area is 191 Å². The zero-order valence-corrected chi connectivity index (χ0v) is 18.9. The molecule has 6 heteroatoms. The van der Waals surface area contributed by atoms with E-state index in [2.05, 4.69) is 28.9 Å². The zero-order chi connectivity index (χ0) is 21.3. The molecule has 0 radical (unpaired) electrons. The van der Waals surface area contributed by atoms with Gasteiger partial charge in [0.1, 0.15) is 5.82 Å². The smallest absolute Gasteiger partial charge is 0.129 e. The van der Waals surface area contributed by atoms with E-state index in [1.165, 1.54) is 17.2 Å². The predicted octanol–water partition coefficient (Wildman–Crippen LogP) is 7.11. The molecule has 4 rings (SSSR count). The molecular weight excluding hydrogens is 442 g/mol. The average molecular weight is 464 g/mol. The molecule has 156 valence electrons. The monoisotopic (exact) mass is 462 g/mol. The summed E-state index contributed by atoms with van der Waals surface area (Å²) in [5, 5.41) is 1.64. The molecule has 0 spiro atoms. The van der Waals surface area contributed by atoms with E-state index in [1.807, 2.05) is 30.3 Å². The Hall–Kier alpha value is -1.62. The average Bonchev–Trinajstić information content (AvgIpc) is 3.09. The van der Waals surface area contributed by atoms with Crippen molar-refractivity contribution in [1.82, 2.24) is 9.80 Å². The largest absolute Gasteiger partial charge is 0.278 e. The van der Waals surface area contributed by atoms with Crippen molar-refractivity contribution in [2.75, 3.05) is 13.1 Å². The Morgan fingerprint density at radius 3 is 2.07 bits per heavy atom. The van der Waals surface area contributed by atoms with Crippen LogP contribution >= 0.6 is 34.8 Å². The van der Waals surface area contributed by atoms with Crippen LogP contribution in [0, 0.1) is 12.7 Å². The molecule has 0 saturated carbocycles. The minimum absolute atomic E-state index is 0.179. The first kappa shape index (κ1) is 21.6. The molecule has 0 unspecified atom stereocenters. The van der Waals surface area contributed by atoms with Gasteiger partial charge < -0.3 is 0 Å². The quantitative estimate of drug-likeness (QED) is 0.398. The van der Waals surface area contributed by atoms with E-state index in [0.29, 0.717) is 27.2 Å². The van der Waals surface area contributed by atoms with Crippen molar-refractivity contribution in [2.24, 2.45) is 0 Å².